The van der Waals surface area contributed by atoms with Crippen molar-refractivity contribution in [1.29, 1.82) is 0 Å². The predicted molar refractivity (Wildman–Crippen MR) is 135 cm³/mol. The number of ether oxygens (including phenoxy) is 1. The molecule has 1 saturated heterocycles. The zero-order valence-electron chi connectivity index (χ0n) is 21.9. The van der Waals surface area contributed by atoms with Crippen LogP contribution in [0.5, 0.6) is 0 Å². The van der Waals surface area contributed by atoms with Crippen LogP contribution in [0.15, 0.2) is 24.4 Å². The Kier molecular flexibility index (Phi) is 9.91. The highest BCUT2D eigenvalue weighted by Gasteiger charge is 2.31. The summed E-state index contributed by atoms with van der Waals surface area (Å²) in [6, 6.07) is 2.19. The van der Waals surface area contributed by atoms with E-state index in [-0.39, 0.29) is 48.5 Å². The molecular weight excluding hydrogens is 482 g/mol. The number of H-pyrrole nitrogens is 1. The number of carbonyl (C=O) groups is 3. The maximum Gasteiger partial charge on any atom is 0.225 e. The molecule has 2 N–H and O–H groups in total. The molecule has 1 aromatic carbocycles. The standard InChI is InChI=1S/C27H36F2N4O4/c1-16(2)5-8-25(35)31-22(13-26(36)33-9-10-37-15-18(33)4)24(34)11-17(3)27-30-14-23(32-27)20-7-6-19(28)12-21(20)29/h6-7,12,14,16-18,22H,5,8-11,13,15H2,1-4H3,(H,30,32)(H,31,35)/t17-,18+,22+/m1/s1. The summed E-state index contributed by atoms with van der Waals surface area (Å²) >= 11 is 0. The lowest BCUT2D eigenvalue weighted by Crippen LogP contribution is -2.51. The summed E-state index contributed by atoms with van der Waals surface area (Å²) in [7, 11) is 0. The molecule has 1 aliphatic heterocycles. The van der Waals surface area contributed by atoms with E-state index in [4.69, 9.17) is 4.74 Å². The zero-order valence-corrected chi connectivity index (χ0v) is 21.9. The van der Waals surface area contributed by atoms with Crippen LogP contribution >= 0.6 is 0 Å². The lowest BCUT2D eigenvalue weighted by Gasteiger charge is -2.34. The molecule has 0 aliphatic carbocycles. The first kappa shape index (κ1) is 28.4. The van der Waals surface area contributed by atoms with Crippen LogP contribution in [0.4, 0.5) is 8.78 Å². The molecule has 2 amide bonds. The molecule has 0 unspecified atom stereocenters. The number of imidazole rings is 1. The van der Waals surface area contributed by atoms with Crippen LogP contribution in [-0.2, 0) is 19.1 Å². The van der Waals surface area contributed by atoms with E-state index in [9.17, 15) is 23.2 Å². The number of carbonyl (C=O) groups excluding carboxylic acids is 3. The van der Waals surface area contributed by atoms with E-state index >= 15 is 0 Å². The van der Waals surface area contributed by atoms with Crippen molar-refractivity contribution in [1.82, 2.24) is 20.2 Å². The van der Waals surface area contributed by atoms with Gasteiger partial charge in [0, 0.05) is 36.9 Å². The van der Waals surface area contributed by atoms with Crippen molar-refractivity contribution in [3.05, 3.63) is 41.9 Å². The average Bonchev–Trinajstić information content (AvgIpc) is 3.32. The molecule has 37 heavy (non-hydrogen) atoms. The average molecular weight is 519 g/mol. The third-order valence-corrected chi connectivity index (χ3v) is 6.53. The highest BCUT2D eigenvalue weighted by atomic mass is 19.1. The van der Waals surface area contributed by atoms with Crippen LogP contribution in [0, 0.1) is 17.6 Å². The van der Waals surface area contributed by atoms with Gasteiger partial charge in [-0.2, -0.15) is 0 Å². The lowest BCUT2D eigenvalue weighted by atomic mass is 9.96. The van der Waals surface area contributed by atoms with Gasteiger partial charge in [-0.3, -0.25) is 14.4 Å². The van der Waals surface area contributed by atoms with Gasteiger partial charge in [0.25, 0.3) is 0 Å². The summed E-state index contributed by atoms with van der Waals surface area (Å²) in [5.41, 5.74) is 0.529. The number of rotatable bonds is 11. The van der Waals surface area contributed by atoms with Gasteiger partial charge < -0.3 is 19.9 Å². The van der Waals surface area contributed by atoms with Crippen LogP contribution in [0.25, 0.3) is 11.3 Å². The number of morpholine rings is 1. The number of hydrogen-bond donors (Lipinski definition) is 2. The maximum absolute atomic E-state index is 14.2. The second kappa shape index (κ2) is 12.9. The molecule has 0 bridgehead atoms. The number of nitrogens with one attached hydrogen (secondary N) is 2. The van der Waals surface area contributed by atoms with Crippen molar-refractivity contribution < 1.29 is 27.9 Å². The fraction of sp³-hybridized carbons (Fsp3) is 0.556. The number of benzene rings is 1. The fourth-order valence-electron chi connectivity index (χ4n) is 4.29. The first-order valence-corrected chi connectivity index (χ1v) is 12.7. The van der Waals surface area contributed by atoms with Gasteiger partial charge in [-0.05, 0) is 31.4 Å². The normalized spacial score (nSPS) is 17.5. The van der Waals surface area contributed by atoms with E-state index < -0.39 is 23.6 Å². The molecule has 8 nitrogen and oxygen atoms in total. The molecular formula is C27H36F2N4O4. The Morgan fingerprint density at radius 3 is 2.65 bits per heavy atom. The van der Waals surface area contributed by atoms with Crippen molar-refractivity contribution in [3.8, 4) is 11.3 Å². The predicted octanol–water partition coefficient (Wildman–Crippen LogP) is 3.98. The van der Waals surface area contributed by atoms with Crippen LogP contribution in [0.1, 0.15) is 65.1 Å². The second-order valence-electron chi connectivity index (χ2n) is 10.1. The van der Waals surface area contributed by atoms with Crippen LogP contribution < -0.4 is 5.32 Å². The maximum atomic E-state index is 14.2. The van der Waals surface area contributed by atoms with Gasteiger partial charge in [-0.25, -0.2) is 13.8 Å². The summed E-state index contributed by atoms with van der Waals surface area (Å²) < 4.78 is 32.8. The Morgan fingerprint density at radius 2 is 1.97 bits per heavy atom. The van der Waals surface area contributed by atoms with Gasteiger partial charge in [-0.15, -0.1) is 0 Å². The molecule has 0 radical (unpaired) electrons. The Hall–Kier alpha value is -3.14. The van der Waals surface area contributed by atoms with E-state index in [0.29, 0.717) is 43.6 Å². The highest BCUT2D eigenvalue weighted by Crippen LogP contribution is 2.25. The SMILES string of the molecule is CC(C)CCC(=O)N[C@@H](CC(=O)N1CCOC[C@@H]1C)C(=O)C[C@@H](C)c1ncc(-c2ccc(F)cc2F)[nH]1. The summed E-state index contributed by atoms with van der Waals surface area (Å²) in [6.07, 6.45) is 2.26. The van der Waals surface area contributed by atoms with Crippen LogP contribution in [-0.4, -0.2) is 64.3 Å². The number of aromatic nitrogens is 2. The van der Waals surface area contributed by atoms with Gasteiger partial charge in [0.2, 0.25) is 11.8 Å². The van der Waals surface area contributed by atoms with Crippen molar-refractivity contribution >= 4 is 17.6 Å². The topological polar surface area (TPSA) is 104 Å². The van der Waals surface area contributed by atoms with Gasteiger partial charge in [0.15, 0.2) is 5.78 Å². The van der Waals surface area contributed by atoms with E-state index in [2.05, 4.69) is 15.3 Å². The minimum atomic E-state index is -0.964. The molecule has 2 heterocycles. The minimum Gasteiger partial charge on any atom is -0.377 e. The third-order valence-electron chi connectivity index (χ3n) is 6.53. The van der Waals surface area contributed by atoms with Gasteiger partial charge in [-0.1, -0.05) is 20.8 Å². The van der Waals surface area contributed by atoms with E-state index in [1.165, 1.54) is 12.3 Å². The van der Waals surface area contributed by atoms with E-state index in [1.54, 1.807) is 11.8 Å². The van der Waals surface area contributed by atoms with E-state index in [0.717, 1.165) is 12.1 Å². The molecule has 1 aromatic heterocycles. The summed E-state index contributed by atoms with van der Waals surface area (Å²) in [6.45, 7) is 8.99. The Morgan fingerprint density at radius 1 is 1.22 bits per heavy atom. The molecule has 1 aliphatic rings. The van der Waals surface area contributed by atoms with Gasteiger partial charge in [0.05, 0.1) is 43.6 Å². The molecule has 3 atom stereocenters. The third kappa shape index (κ3) is 7.92. The van der Waals surface area contributed by atoms with Crippen molar-refractivity contribution in [3.63, 3.8) is 0 Å². The number of aromatic amines is 1. The summed E-state index contributed by atoms with van der Waals surface area (Å²) in [4.78, 5) is 47.9. The minimum absolute atomic E-state index is 0.0138. The molecule has 0 saturated carbocycles. The molecule has 1 fully saturated rings. The number of ketones is 1. The first-order valence-electron chi connectivity index (χ1n) is 12.7. The Bertz CT molecular complexity index is 1100. The molecule has 3 rings (SSSR count). The number of nitrogens with zero attached hydrogens (tertiary/aromatic N) is 2. The number of amides is 2. The highest BCUT2D eigenvalue weighted by molar-refractivity contribution is 5.93. The Balaban J connectivity index is 1.70. The number of hydrogen-bond acceptors (Lipinski definition) is 5. The molecule has 0 spiro atoms. The fourth-order valence-corrected chi connectivity index (χ4v) is 4.29. The smallest absolute Gasteiger partial charge is 0.225 e. The Labute approximate surface area is 216 Å². The molecule has 2 aromatic rings. The van der Waals surface area contributed by atoms with Gasteiger partial charge >= 0.3 is 0 Å². The van der Waals surface area contributed by atoms with Gasteiger partial charge in [0.1, 0.15) is 17.5 Å². The summed E-state index contributed by atoms with van der Waals surface area (Å²) in [5, 5.41) is 2.77. The lowest BCUT2D eigenvalue weighted by molar-refractivity contribution is -0.141. The molecule has 10 heteroatoms. The van der Waals surface area contributed by atoms with E-state index in [1.807, 2.05) is 20.8 Å². The number of Topliss-reactive ketones (excluding diaryl/α,β-unsaturated/α-hetero) is 1. The zero-order chi connectivity index (χ0) is 27.1. The monoisotopic (exact) mass is 518 g/mol. The largest absolute Gasteiger partial charge is 0.377 e. The quantitative estimate of drug-likeness (QED) is 0.468. The second-order valence-corrected chi connectivity index (χ2v) is 10.1. The summed E-state index contributed by atoms with van der Waals surface area (Å²) in [5.74, 6) is -1.78. The van der Waals surface area contributed by atoms with Crippen molar-refractivity contribution in [2.45, 2.75) is 71.4 Å². The van der Waals surface area contributed by atoms with Crippen molar-refractivity contribution in [2.24, 2.45) is 5.92 Å². The van der Waals surface area contributed by atoms with Crippen LogP contribution in [0.2, 0.25) is 0 Å². The number of halogens is 2. The molecule has 202 valence electrons. The first-order chi connectivity index (χ1) is 17.5. The van der Waals surface area contributed by atoms with Crippen molar-refractivity contribution in [2.75, 3.05) is 19.8 Å². The van der Waals surface area contributed by atoms with Crippen LogP contribution in [0.3, 0.4) is 0 Å².